The van der Waals surface area contributed by atoms with Crippen LogP contribution in [0.5, 0.6) is 0 Å². The second-order valence-corrected chi connectivity index (χ2v) is 7.03. The van der Waals surface area contributed by atoms with Gasteiger partial charge in [-0.1, -0.05) is 49.9 Å². The van der Waals surface area contributed by atoms with Gasteiger partial charge in [-0.05, 0) is 42.7 Å². The molecular formula is C19H25ClN2O. The van der Waals surface area contributed by atoms with Crippen molar-refractivity contribution in [3.05, 3.63) is 40.4 Å². The summed E-state index contributed by atoms with van der Waals surface area (Å²) in [6, 6.07) is 7.68. The molecule has 0 radical (unpaired) electrons. The molecule has 1 aromatic carbocycles. The monoisotopic (exact) mass is 332 g/mol. The number of likely N-dealkylation sites (N-methyl/N-ethyl adjacent to an activating group) is 2. The molecule has 1 saturated carbocycles. The molecule has 0 atom stereocenters. The Bertz CT molecular complexity index is 615. The van der Waals surface area contributed by atoms with Gasteiger partial charge in [0.25, 0.3) is 5.91 Å². The van der Waals surface area contributed by atoms with Gasteiger partial charge in [-0.15, -0.1) is 0 Å². The summed E-state index contributed by atoms with van der Waals surface area (Å²) in [5, 5.41) is 4.15. The lowest BCUT2D eigenvalue weighted by molar-refractivity contribution is -0.127. The van der Waals surface area contributed by atoms with E-state index in [-0.39, 0.29) is 11.4 Å². The highest BCUT2D eigenvalue weighted by Crippen LogP contribution is 2.47. The average Bonchev–Trinajstić information content (AvgIpc) is 2.77. The second kappa shape index (κ2) is 6.66. The van der Waals surface area contributed by atoms with E-state index in [1.165, 1.54) is 24.8 Å². The molecule has 0 bridgehead atoms. The van der Waals surface area contributed by atoms with Gasteiger partial charge in [-0.2, -0.15) is 0 Å². The standard InChI is InChI=1S/C19H25ClN2O/c1-3-21-13-16-17(14-7-9-15(20)10-8-14)18(23)22(2)19(16)11-5-4-6-12-19/h7-10,21H,3-6,11-13H2,1-2H3. The molecule has 0 saturated heterocycles. The lowest BCUT2D eigenvalue weighted by Gasteiger charge is -2.42. The van der Waals surface area contributed by atoms with Gasteiger partial charge in [0.1, 0.15) is 0 Å². The number of nitrogens with one attached hydrogen (secondary N) is 1. The van der Waals surface area contributed by atoms with Gasteiger partial charge in [-0.25, -0.2) is 0 Å². The molecule has 1 amide bonds. The van der Waals surface area contributed by atoms with Crippen molar-refractivity contribution in [2.24, 2.45) is 0 Å². The minimum Gasteiger partial charge on any atom is -0.332 e. The molecule has 23 heavy (non-hydrogen) atoms. The van der Waals surface area contributed by atoms with E-state index in [1.807, 2.05) is 36.2 Å². The zero-order chi connectivity index (χ0) is 16.4. The Morgan fingerprint density at radius 3 is 2.43 bits per heavy atom. The maximum atomic E-state index is 13.0. The van der Waals surface area contributed by atoms with Gasteiger partial charge in [0, 0.05) is 24.2 Å². The molecule has 3 rings (SSSR count). The van der Waals surface area contributed by atoms with Gasteiger partial charge in [-0.3, -0.25) is 4.79 Å². The molecule has 1 heterocycles. The topological polar surface area (TPSA) is 32.3 Å². The predicted octanol–water partition coefficient (Wildman–Crippen LogP) is 3.88. The van der Waals surface area contributed by atoms with Crippen molar-refractivity contribution < 1.29 is 4.79 Å². The summed E-state index contributed by atoms with van der Waals surface area (Å²) in [4.78, 5) is 15.0. The van der Waals surface area contributed by atoms with E-state index in [4.69, 9.17) is 11.6 Å². The minimum absolute atomic E-state index is 0.0908. The third-order valence-electron chi connectivity index (χ3n) is 5.39. The molecule has 3 nitrogen and oxygen atoms in total. The number of hydrogen-bond donors (Lipinski definition) is 1. The van der Waals surface area contributed by atoms with Crippen molar-refractivity contribution >= 4 is 23.1 Å². The highest BCUT2D eigenvalue weighted by Gasteiger charge is 2.49. The Kier molecular flexibility index (Phi) is 4.79. The van der Waals surface area contributed by atoms with E-state index in [0.29, 0.717) is 5.02 Å². The maximum Gasteiger partial charge on any atom is 0.255 e. The van der Waals surface area contributed by atoms with Gasteiger partial charge in [0.2, 0.25) is 0 Å². The van der Waals surface area contributed by atoms with Crippen molar-refractivity contribution in [2.45, 2.75) is 44.6 Å². The fraction of sp³-hybridized carbons (Fsp3) is 0.526. The number of rotatable bonds is 4. The van der Waals surface area contributed by atoms with Crippen LogP contribution in [0.2, 0.25) is 5.02 Å². The van der Waals surface area contributed by atoms with Crippen molar-refractivity contribution in [3.8, 4) is 0 Å². The zero-order valence-electron chi connectivity index (χ0n) is 14.0. The number of amides is 1. The zero-order valence-corrected chi connectivity index (χ0v) is 14.7. The largest absolute Gasteiger partial charge is 0.332 e. The van der Waals surface area contributed by atoms with Crippen LogP contribution in [0.1, 0.15) is 44.6 Å². The van der Waals surface area contributed by atoms with Crippen LogP contribution in [0.3, 0.4) is 0 Å². The first-order chi connectivity index (χ1) is 11.1. The van der Waals surface area contributed by atoms with Gasteiger partial charge in [0.15, 0.2) is 0 Å². The van der Waals surface area contributed by atoms with Crippen LogP contribution >= 0.6 is 11.6 Å². The lowest BCUT2D eigenvalue weighted by atomic mass is 9.75. The number of halogens is 1. The predicted molar refractivity (Wildman–Crippen MR) is 95.5 cm³/mol. The highest BCUT2D eigenvalue weighted by molar-refractivity contribution is 6.30. The molecule has 1 aromatic rings. The molecule has 1 N–H and O–H groups in total. The van der Waals surface area contributed by atoms with Crippen molar-refractivity contribution in [1.82, 2.24) is 10.2 Å². The SMILES string of the molecule is CCNCC1=C(c2ccc(Cl)cc2)C(=O)N(C)C12CCCCC2. The first-order valence-electron chi connectivity index (χ1n) is 8.58. The Labute approximate surface area is 143 Å². The summed E-state index contributed by atoms with van der Waals surface area (Å²) >= 11 is 6.02. The summed E-state index contributed by atoms with van der Waals surface area (Å²) < 4.78 is 0. The Balaban J connectivity index is 2.10. The molecular weight excluding hydrogens is 308 g/mol. The van der Waals surface area contributed by atoms with Crippen molar-refractivity contribution in [2.75, 3.05) is 20.1 Å². The molecule has 124 valence electrons. The lowest BCUT2D eigenvalue weighted by Crippen LogP contribution is -2.48. The molecule has 1 aliphatic heterocycles. The number of carbonyl (C=O) groups is 1. The van der Waals surface area contributed by atoms with Gasteiger partial charge >= 0.3 is 0 Å². The normalized spacial score (nSPS) is 20.7. The smallest absolute Gasteiger partial charge is 0.255 e. The summed E-state index contributed by atoms with van der Waals surface area (Å²) in [7, 11) is 1.97. The van der Waals surface area contributed by atoms with E-state index in [9.17, 15) is 4.79 Å². The molecule has 2 aliphatic rings. The molecule has 0 aromatic heterocycles. The van der Waals surface area contributed by atoms with E-state index >= 15 is 0 Å². The Morgan fingerprint density at radius 1 is 1.17 bits per heavy atom. The Hall–Kier alpha value is -1.32. The maximum absolute atomic E-state index is 13.0. The van der Waals surface area contributed by atoms with Crippen LogP contribution in [0.15, 0.2) is 29.8 Å². The van der Waals surface area contributed by atoms with Crippen LogP contribution in [0, 0.1) is 0 Å². The van der Waals surface area contributed by atoms with Crippen LogP contribution in [0.4, 0.5) is 0 Å². The molecule has 1 fully saturated rings. The van der Waals surface area contributed by atoms with Crippen LogP contribution in [-0.4, -0.2) is 36.5 Å². The average molecular weight is 333 g/mol. The van der Waals surface area contributed by atoms with Gasteiger partial charge in [0.05, 0.1) is 5.54 Å². The third kappa shape index (κ3) is 2.81. The van der Waals surface area contributed by atoms with E-state index in [0.717, 1.165) is 37.1 Å². The molecule has 0 unspecified atom stereocenters. The number of benzene rings is 1. The molecule has 1 aliphatic carbocycles. The van der Waals surface area contributed by atoms with Crippen LogP contribution < -0.4 is 5.32 Å². The summed E-state index contributed by atoms with van der Waals surface area (Å²) in [6.45, 7) is 3.80. The highest BCUT2D eigenvalue weighted by atomic mass is 35.5. The fourth-order valence-corrected chi connectivity index (χ4v) is 4.24. The minimum atomic E-state index is -0.0908. The van der Waals surface area contributed by atoms with Crippen molar-refractivity contribution in [1.29, 1.82) is 0 Å². The molecule has 4 heteroatoms. The van der Waals surface area contributed by atoms with Crippen LogP contribution in [-0.2, 0) is 4.79 Å². The van der Waals surface area contributed by atoms with Crippen LogP contribution in [0.25, 0.3) is 5.57 Å². The Morgan fingerprint density at radius 2 is 1.83 bits per heavy atom. The first kappa shape index (κ1) is 16.5. The van der Waals surface area contributed by atoms with E-state index < -0.39 is 0 Å². The van der Waals surface area contributed by atoms with E-state index in [2.05, 4.69) is 12.2 Å². The number of nitrogens with zero attached hydrogens (tertiary/aromatic N) is 1. The van der Waals surface area contributed by atoms with Crippen molar-refractivity contribution in [3.63, 3.8) is 0 Å². The summed E-state index contributed by atoms with van der Waals surface area (Å²) in [5.41, 5.74) is 3.05. The summed E-state index contributed by atoms with van der Waals surface area (Å²) in [5.74, 6) is 0.155. The molecule has 1 spiro atoms. The number of carbonyl (C=O) groups excluding carboxylic acids is 1. The second-order valence-electron chi connectivity index (χ2n) is 6.60. The number of hydrogen-bond acceptors (Lipinski definition) is 2. The quantitative estimate of drug-likeness (QED) is 0.907. The first-order valence-corrected chi connectivity index (χ1v) is 8.96. The third-order valence-corrected chi connectivity index (χ3v) is 5.64. The summed E-state index contributed by atoms with van der Waals surface area (Å²) in [6.07, 6.45) is 5.82. The fourth-order valence-electron chi connectivity index (χ4n) is 4.12. The van der Waals surface area contributed by atoms with Gasteiger partial charge < -0.3 is 10.2 Å². The van der Waals surface area contributed by atoms with E-state index in [1.54, 1.807) is 0 Å².